The number of ether oxygens (including phenoxy) is 1. The maximum Gasteiger partial charge on any atom is 0.374 e. The van der Waals surface area contributed by atoms with E-state index < -0.39 is 40.5 Å². The molecule has 1 aromatic carbocycles. The highest BCUT2D eigenvalue weighted by molar-refractivity contribution is 7.71. The van der Waals surface area contributed by atoms with Crippen molar-refractivity contribution in [2.24, 2.45) is 14.1 Å². The van der Waals surface area contributed by atoms with E-state index in [1.807, 2.05) is 0 Å². The molecule has 0 unspecified atom stereocenters. The van der Waals surface area contributed by atoms with Crippen LogP contribution in [-0.2, 0) is 23.6 Å². The lowest BCUT2D eigenvalue weighted by atomic mass is 10.1. The molecule has 0 saturated carbocycles. The van der Waals surface area contributed by atoms with E-state index in [9.17, 15) is 28.7 Å². The van der Waals surface area contributed by atoms with Gasteiger partial charge in [-0.1, -0.05) is 11.6 Å². The summed E-state index contributed by atoms with van der Waals surface area (Å²) in [6, 6.07) is 1.63. The maximum absolute atomic E-state index is 14.5. The van der Waals surface area contributed by atoms with Gasteiger partial charge in [-0.3, -0.25) is 13.9 Å². The fraction of sp³-hybridized carbons (Fsp3) is 0.235. The van der Waals surface area contributed by atoms with Crippen molar-refractivity contribution in [2.45, 2.75) is 6.92 Å². The third kappa shape index (κ3) is 4.33. The second-order valence-electron chi connectivity index (χ2n) is 5.81. The van der Waals surface area contributed by atoms with E-state index in [0.29, 0.717) is 10.8 Å². The minimum atomic E-state index is -1.07. The lowest BCUT2D eigenvalue weighted by Gasteiger charge is -2.13. The Kier molecular flexibility index (Phi) is 6.95. The molecule has 13 heteroatoms. The number of esters is 1. The average Bonchev–Trinajstić information content (AvgIpc) is 2.70. The molecule has 0 atom stereocenters. The first-order valence-corrected chi connectivity index (χ1v) is 9.05. The molecule has 0 aliphatic heterocycles. The van der Waals surface area contributed by atoms with Crippen molar-refractivity contribution in [1.82, 2.24) is 19.0 Å². The molecule has 0 saturated heterocycles. The molecular weight excluding hydrogens is 443 g/mol. The zero-order valence-corrected chi connectivity index (χ0v) is 17.5. The van der Waals surface area contributed by atoms with Gasteiger partial charge in [-0.05, 0) is 31.3 Å². The fourth-order valence-electron chi connectivity index (χ4n) is 2.34. The number of rotatable bonds is 5. The number of aliphatic hydroxyl groups is 1. The summed E-state index contributed by atoms with van der Waals surface area (Å²) in [5, 5.41) is 11.3. The van der Waals surface area contributed by atoms with Crippen molar-refractivity contribution in [2.75, 3.05) is 6.61 Å². The Balaban J connectivity index is 2.58. The molecule has 0 spiro atoms. The molecule has 10 nitrogen and oxygen atoms in total. The summed E-state index contributed by atoms with van der Waals surface area (Å²) in [4.78, 5) is 48.7. The van der Waals surface area contributed by atoms with Crippen LogP contribution in [-0.4, -0.2) is 37.3 Å². The quantitative estimate of drug-likeness (QED) is 0.297. The molecule has 0 aliphatic rings. The van der Waals surface area contributed by atoms with Crippen LogP contribution in [0, 0.1) is 10.6 Å². The zero-order chi connectivity index (χ0) is 22.7. The predicted octanol–water partition coefficient (Wildman–Crippen LogP) is 1.09. The summed E-state index contributed by atoms with van der Waals surface area (Å²) >= 11 is 10.9. The summed E-state index contributed by atoms with van der Waals surface area (Å²) in [6.45, 7) is 1.52. The monoisotopic (exact) mass is 458 g/mol. The highest BCUT2D eigenvalue weighted by Gasteiger charge is 2.20. The summed E-state index contributed by atoms with van der Waals surface area (Å²) in [6.07, 6.45) is 0.664. The van der Waals surface area contributed by atoms with Gasteiger partial charge in [-0.2, -0.15) is 0 Å². The smallest absolute Gasteiger partial charge is 0.374 e. The van der Waals surface area contributed by atoms with E-state index >= 15 is 0 Å². The first kappa shape index (κ1) is 23.0. The van der Waals surface area contributed by atoms with Crippen molar-refractivity contribution in [3.05, 3.63) is 66.2 Å². The Morgan fingerprint density at radius 1 is 1.27 bits per heavy atom. The Morgan fingerprint density at radius 3 is 2.37 bits per heavy atom. The van der Waals surface area contributed by atoms with Crippen LogP contribution in [0.4, 0.5) is 4.39 Å². The van der Waals surface area contributed by atoms with Gasteiger partial charge in [-0.15, -0.1) is 0 Å². The third-order valence-corrected chi connectivity index (χ3v) is 4.74. The van der Waals surface area contributed by atoms with Gasteiger partial charge in [0.1, 0.15) is 5.82 Å². The van der Waals surface area contributed by atoms with Crippen molar-refractivity contribution in [3.63, 3.8) is 0 Å². The first-order chi connectivity index (χ1) is 14.0. The molecule has 0 bridgehead atoms. The number of hydrogen-bond donors (Lipinski definition) is 2. The van der Waals surface area contributed by atoms with Crippen molar-refractivity contribution < 1.29 is 23.8 Å². The van der Waals surface area contributed by atoms with Crippen LogP contribution >= 0.6 is 23.8 Å². The number of carbonyl (C=O) groups is 2. The number of aliphatic hydroxyl groups excluding tert-OH is 1. The Hall–Kier alpha value is -3.25. The van der Waals surface area contributed by atoms with Crippen molar-refractivity contribution in [3.8, 4) is 5.69 Å². The van der Waals surface area contributed by atoms with Crippen LogP contribution < -0.4 is 16.7 Å². The van der Waals surface area contributed by atoms with Gasteiger partial charge in [0.15, 0.2) is 4.77 Å². The fourth-order valence-corrected chi connectivity index (χ4v) is 2.73. The number of halogens is 2. The highest BCUT2D eigenvalue weighted by Crippen LogP contribution is 2.22. The Labute approximate surface area is 178 Å². The lowest BCUT2D eigenvalue weighted by Crippen LogP contribution is -2.44. The zero-order valence-electron chi connectivity index (χ0n) is 15.9. The van der Waals surface area contributed by atoms with Crippen LogP contribution in [0.5, 0.6) is 0 Å². The molecule has 1 aromatic heterocycles. The molecular formula is C17H16ClFN4O6S. The molecule has 1 amide bonds. The number of benzene rings is 1. The summed E-state index contributed by atoms with van der Waals surface area (Å²) in [5.74, 6) is -3.96. The highest BCUT2D eigenvalue weighted by atomic mass is 35.5. The van der Waals surface area contributed by atoms with E-state index in [-0.39, 0.29) is 22.0 Å². The minimum Gasteiger partial charge on any atom is -0.501 e. The second kappa shape index (κ2) is 9.05. The molecule has 2 rings (SSSR count). The standard InChI is InChI=1S/C17H16ClFN4O6S/c1-4-29-14(26)12(24)7-20-13(25)8-5-11(10(19)6-9(8)18)23-15(27)21(2)17(30)22(3)16(23)28/h5-7,24H,4H2,1-3H3,(H,20,25). The number of aromatic nitrogens is 3. The van der Waals surface area contributed by atoms with Crippen LogP contribution in [0.1, 0.15) is 17.3 Å². The molecule has 0 fully saturated rings. The van der Waals surface area contributed by atoms with Gasteiger partial charge in [0.25, 0.3) is 5.91 Å². The van der Waals surface area contributed by atoms with Gasteiger partial charge in [-0.25, -0.2) is 23.3 Å². The van der Waals surface area contributed by atoms with E-state index in [2.05, 4.69) is 10.1 Å². The van der Waals surface area contributed by atoms with Gasteiger partial charge >= 0.3 is 17.3 Å². The van der Waals surface area contributed by atoms with Gasteiger partial charge in [0, 0.05) is 14.1 Å². The van der Waals surface area contributed by atoms with E-state index in [1.165, 1.54) is 21.0 Å². The first-order valence-electron chi connectivity index (χ1n) is 8.26. The number of hydrogen-bond acceptors (Lipinski definition) is 7. The largest absolute Gasteiger partial charge is 0.501 e. The number of carbonyl (C=O) groups excluding carboxylic acids is 2. The van der Waals surface area contributed by atoms with Gasteiger partial charge in [0.05, 0.1) is 29.1 Å². The van der Waals surface area contributed by atoms with Gasteiger partial charge < -0.3 is 15.2 Å². The molecule has 0 aliphatic carbocycles. The molecule has 160 valence electrons. The summed E-state index contributed by atoms with van der Waals surface area (Å²) < 4.78 is 21.4. The number of nitrogens with one attached hydrogen (secondary N) is 1. The molecule has 0 radical (unpaired) electrons. The van der Waals surface area contributed by atoms with Crippen molar-refractivity contribution in [1.29, 1.82) is 0 Å². The Bertz CT molecular complexity index is 1210. The summed E-state index contributed by atoms with van der Waals surface area (Å²) in [7, 11) is 2.59. The summed E-state index contributed by atoms with van der Waals surface area (Å²) in [5.41, 5.74) is -2.74. The third-order valence-electron chi connectivity index (χ3n) is 3.88. The van der Waals surface area contributed by atoms with Crippen LogP contribution in [0.3, 0.4) is 0 Å². The number of nitrogens with zero attached hydrogens (tertiary/aromatic N) is 3. The molecule has 1 heterocycles. The molecule has 2 N–H and O–H groups in total. The molecule has 2 aromatic rings. The normalized spacial score (nSPS) is 11.3. The van der Waals surface area contributed by atoms with Crippen LogP contribution in [0.2, 0.25) is 5.02 Å². The van der Waals surface area contributed by atoms with Crippen molar-refractivity contribution >= 4 is 35.7 Å². The SMILES string of the molecule is CCOC(=O)C(O)=CNC(=O)c1cc(-n2c(=O)n(C)c(=S)n(C)c2=O)c(F)cc1Cl. The average molecular weight is 459 g/mol. The Morgan fingerprint density at radius 2 is 1.83 bits per heavy atom. The van der Waals surface area contributed by atoms with E-state index in [4.69, 9.17) is 23.8 Å². The van der Waals surface area contributed by atoms with Gasteiger partial charge in [0.2, 0.25) is 5.76 Å². The minimum absolute atomic E-state index is 0.00203. The molecule has 30 heavy (non-hydrogen) atoms. The van der Waals surface area contributed by atoms with E-state index in [0.717, 1.165) is 21.3 Å². The topological polar surface area (TPSA) is 125 Å². The number of amides is 1. The maximum atomic E-state index is 14.5. The predicted molar refractivity (Wildman–Crippen MR) is 107 cm³/mol. The second-order valence-corrected chi connectivity index (χ2v) is 6.58. The van der Waals surface area contributed by atoms with E-state index in [1.54, 1.807) is 0 Å². The van der Waals surface area contributed by atoms with Crippen LogP contribution in [0.25, 0.3) is 5.69 Å². The lowest BCUT2D eigenvalue weighted by molar-refractivity contribution is -0.141. The van der Waals surface area contributed by atoms with Crippen LogP contribution in [0.15, 0.2) is 33.7 Å².